The van der Waals surface area contributed by atoms with Gasteiger partial charge in [-0.15, -0.1) is 0 Å². The second kappa shape index (κ2) is 6.72. The molecule has 0 amide bonds. The Bertz CT molecular complexity index is 310. The zero-order chi connectivity index (χ0) is 13.7. The van der Waals surface area contributed by atoms with Crippen LogP contribution in [0, 0.1) is 23.2 Å². The third-order valence-electron chi connectivity index (χ3n) is 5.02. The summed E-state index contributed by atoms with van der Waals surface area (Å²) in [6, 6.07) is 2.42. The maximum absolute atomic E-state index is 9.21. The Hall–Kier alpha value is -0.590. The van der Waals surface area contributed by atoms with Gasteiger partial charge in [0.05, 0.1) is 6.07 Å². The molecule has 1 heterocycles. The molecule has 0 bridgehead atoms. The van der Waals surface area contributed by atoms with E-state index in [4.69, 9.17) is 0 Å². The van der Waals surface area contributed by atoms with Crippen molar-refractivity contribution in [3.63, 3.8) is 0 Å². The van der Waals surface area contributed by atoms with Crippen LogP contribution in [-0.4, -0.2) is 36.6 Å². The van der Waals surface area contributed by atoms with Crippen LogP contribution in [0.4, 0.5) is 0 Å². The number of hydrogen-bond donors (Lipinski definition) is 1. The van der Waals surface area contributed by atoms with Crippen LogP contribution in [0.1, 0.15) is 52.4 Å². The first kappa shape index (κ1) is 14.8. The van der Waals surface area contributed by atoms with Gasteiger partial charge in [0.1, 0.15) is 5.54 Å². The Balaban J connectivity index is 1.61. The molecule has 1 aliphatic carbocycles. The van der Waals surface area contributed by atoms with Crippen molar-refractivity contribution in [1.82, 2.24) is 10.2 Å². The molecule has 0 spiro atoms. The van der Waals surface area contributed by atoms with E-state index in [-0.39, 0.29) is 5.54 Å². The number of likely N-dealkylation sites (tertiary alicyclic amines) is 1. The summed E-state index contributed by atoms with van der Waals surface area (Å²) < 4.78 is 0. The Morgan fingerprint density at radius 1 is 1.26 bits per heavy atom. The molecule has 0 radical (unpaired) electrons. The molecule has 2 fully saturated rings. The molecule has 1 N–H and O–H groups in total. The molecule has 0 aromatic rings. The molecule has 3 atom stereocenters. The van der Waals surface area contributed by atoms with E-state index in [0.717, 1.165) is 31.2 Å². The molecule has 3 unspecified atom stereocenters. The van der Waals surface area contributed by atoms with Gasteiger partial charge in [0.15, 0.2) is 0 Å². The highest BCUT2D eigenvalue weighted by molar-refractivity contribution is 5.03. The van der Waals surface area contributed by atoms with E-state index in [9.17, 15) is 5.26 Å². The van der Waals surface area contributed by atoms with Gasteiger partial charge >= 0.3 is 0 Å². The van der Waals surface area contributed by atoms with Crippen LogP contribution in [0.2, 0.25) is 0 Å². The molecule has 3 heteroatoms. The summed E-state index contributed by atoms with van der Waals surface area (Å²) in [5, 5.41) is 12.5. The molecule has 1 saturated heterocycles. The fourth-order valence-electron chi connectivity index (χ4n) is 3.90. The van der Waals surface area contributed by atoms with Crippen molar-refractivity contribution >= 4 is 0 Å². The molecule has 19 heavy (non-hydrogen) atoms. The Morgan fingerprint density at radius 3 is 2.53 bits per heavy atom. The predicted molar refractivity (Wildman–Crippen MR) is 78.8 cm³/mol. The standard InChI is InChI=1S/C16H29N3/c1-3-18-16(2,13-17)9-4-5-10-19-11-14-7-6-8-15(14)12-19/h14-15,18H,3-12H2,1-2H3. The quantitative estimate of drug-likeness (QED) is 0.718. The first-order valence-corrected chi connectivity index (χ1v) is 8.05. The van der Waals surface area contributed by atoms with Crippen molar-refractivity contribution in [3.8, 4) is 6.07 Å². The number of nitrogens with zero attached hydrogens (tertiary/aromatic N) is 2. The van der Waals surface area contributed by atoms with Gasteiger partial charge in [0.25, 0.3) is 0 Å². The van der Waals surface area contributed by atoms with Crippen LogP contribution in [0.3, 0.4) is 0 Å². The molecule has 2 aliphatic rings. The highest BCUT2D eigenvalue weighted by atomic mass is 15.2. The highest BCUT2D eigenvalue weighted by Crippen LogP contribution is 2.37. The van der Waals surface area contributed by atoms with Crippen LogP contribution in [0.5, 0.6) is 0 Å². The zero-order valence-electron chi connectivity index (χ0n) is 12.6. The molecule has 108 valence electrons. The van der Waals surface area contributed by atoms with Crippen molar-refractivity contribution in [2.75, 3.05) is 26.2 Å². The van der Waals surface area contributed by atoms with Crippen LogP contribution >= 0.6 is 0 Å². The fourth-order valence-corrected chi connectivity index (χ4v) is 3.90. The lowest BCUT2D eigenvalue weighted by atomic mass is 9.96. The number of unbranched alkanes of at least 4 members (excludes halogenated alkanes) is 1. The van der Waals surface area contributed by atoms with Crippen molar-refractivity contribution in [1.29, 1.82) is 5.26 Å². The average molecular weight is 263 g/mol. The smallest absolute Gasteiger partial charge is 0.103 e. The Kier molecular flexibility index (Phi) is 5.24. The lowest BCUT2D eigenvalue weighted by molar-refractivity contribution is 0.296. The molecule has 0 aromatic heterocycles. The van der Waals surface area contributed by atoms with Gasteiger partial charge in [0, 0.05) is 13.1 Å². The van der Waals surface area contributed by atoms with Gasteiger partial charge in [-0.1, -0.05) is 13.3 Å². The number of hydrogen-bond acceptors (Lipinski definition) is 3. The van der Waals surface area contributed by atoms with Crippen molar-refractivity contribution in [2.45, 2.75) is 57.9 Å². The van der Waals surface area contributed by atoms with E-state index < -0.39 is 0 Å². The van der Waals surface area contributed by atoms with Gasteiger partial charge in [-0.05, 0) is 64.0 Å². The van der Waals surface area contributed by atoms with E-state index in [1.807, 2.05) is 6.92 Å². The van der Waals surface area contributed by atoms with Crippen LogP contribution < -0.4 is 5.32 Å². The summed E-state index contributed by atoms with van der Waals surface area (Å²) in [4.78, 5) is 2.66. The number of nitrogens with one attached hydrogen (secondary N) is 1. The van der Waals surface area contributed by atoms with Crippen molar-refractivity contribution in [2.24, 2.45) is 11.8 Å². The van der Waals surface area contributed by atoms with E-state index in [0.29, 0.717) is 0 Å². The summed E-state index contributed by atoms with van der Waals surface area (Å²) in [5.41, 5.74) is -0.323. The van der Waals surface area contributed by atoms with Gasteiger partial charge in [-0.25, -0.2) is 0 Å². The largest absolute Gasteiger partial charge is 0.303 e. The number of fused-ring (bicyclic) bond motifs is 1. The molecule has 2 rings (SSSR count). The van der Waals surface area contributed by atoms with E-state index in [1.165, 1.54) is 45.3 Å². The Labute approximate surface area is 118 Å². The summed E-state index contributed by atoms with van der Waals surface area (Å²) >= 11 is 0. The van der Waals surface area contributed by atoms with Gasteiger partial charge in [-0.2, -0.15) is 5.26 Å². The van der Waals surface area contributed by atoms with E-state index in [2.05, 4.69) is 23.2 Å². The minimum atomic E-state index is -0.323. The normalized spacial score (nSPS) is 29.9. The van der Waals surface area contributed by atoms with Crippen molar-refractivity contribution < 1.29 is 0 Å². The second-order valence-corrected chi connectivity index (χ2v) is 6.64. The summed E-state index contributed by atoms with van der Waals surface area (Å²) in [6.07, 6.45) is 7.76. The summed E-state index contributed by atoms with van der Waals surface area (Å²) in [5.74, 6) is 2.01. The van der Waals surface area contributed by atoms with E-state index in [1.54, 1.807) is 0 Å². The second-order valence-electron chi connectivity index (χ2n) is 6.64. The van der Waals surface area contributed by atoms with Gasteiger partial charge < -0.3 is 4.90 Å². The van der Waals surface area contributed by atoms with Gasteiger partial charge in [-0.3, -0.25) is 5.32 Å². The zero-order valence-corrected chi connectivity index (χ0v) is 12.6. The first-order chi connectivity index (χ1) is 9.17. The molecular formula is C16H29N3. The topological polar surface area (TPSA) is 39.1 Å². The average Bonchev–Trinajstić information content (AvgIpc) is 2.96. The maximum Gasteiger partial charge on any atom is 0.103 e. The summed E-state index contributed by atoms with van der Waals surface area (Å²) in [7, 11) is 0. The third-order valence-corrected chi connectivity index (χ3v) is 5.02. The molecule has 1 aliphatic heterocycles. The number of rotatable bonds is 7. The van der Waals surface area contributed by atoms with Crippen LogP contribution in [0.25, 0.3) is 0 Å². The molecular weight excluding hydrogens is 234 g/mol. The minimum absolute atomic E-state index is 0.323. The van der Waals surface area contributed by atoms with Crippen LogP contribution in [0.15, 0.2) is 0 Å². The van der Waals surface area contributed by atoms with Gasteiger partial charge in [0.2, 0.25) is 0 Å². The van der Waals surface area contributed by atoms with E-state index >= 15 is 0 Å². The number of nitriles is 1. The lowest BCUT2D eigenvalue weighted by Gasteiger charge is -2.23. The minimum Gasteiger partial charge on any atom is -0.303 e. The molecule has 1 saturated carbocycles. The fraction of sp³-hybridized carbons (Fsp3) is 0.938. The van der Waals surface area contributed by atoms with Crippen LogP contribution in [-0.2, 0) is 0 Å². The maximum atomic E-state index is 9.21. The van der Waals surface area contributed by atoms with Crippen molar-refractivity contribution in [3.05, 3.63) is 0 Å². The molecule has 0 aromatic carbocycles. The SMILES string of the molecule is CCNC(C)(C#N)CCCCN1CC2CCCC2C1. The molecule has 3 nitrogen and oxygen atoms in total. The Morgan fingerprint density at radius 2 is 1.95 bits per heavy atom. The third kappa shape index (κ3) is 3.94. The highest BCUT2D eigenvalue weighted by Gasteiger charge is 2.35. The first-order valence-electron chi connectivity index (χ1n) is 8.05. The summed E-state index contributed by atoms with van der Waals surface area (Å²) in [6.45, 7) is 8.89. The predicted octanol–water partition coefficient (Wildman–Crippen LogP) is 2.78. The lowest BCUT2D eigenvalue weighted by Crippen LogP contribution is -2.40. The monoisotopic (exact) mass is 263 g/mol.